The van der Waals surface area contributed by atoms with Crippen LogP contribution in [-0.2, 0) is 13.1 Å². The predicted molar refractivity (Wildman–Crippen MR) is 88.2 cm³/mol. The summed E-state index contributed by atoms with van der Waals surface area (Å²) in [5.41, 5.74) is 1.26. The molecule has 0 saturated carbocycles. The topological polar surface area (TPSA) is 28.4 Å². The largest absolute Gasteiger partial charge is 0.468 e. The molecule has 1 aliphatic rings. The van der Waals surface area contributed by atoms with Crippen molar-refractivity contribution in [3.05, 3.63) is 23.7 Å². The number of rotatable bonds is 7. The Balaban J connectivity index is 1.78. The van der Waals surface area contributed by atoms with E-state index in [0.717, 1.165) is 24.8 Å². The molecule has 1 saturated heterocycles. The summed E-state index contributed by atoms with van der Waals surface area (Å²) in [7, 11) is 0. The van der Waals surface area contributed by atoms with Gasteiger partial charge >= 0.3 is 0 Å². The Morgan fingerprint density at radius 1 is 1.33 bits per heavy atom. The van der Waals surface area contributed by atoms with E-state index in [-0.39, 0.29) is 0 Å². The minimum atomic E-state index is 0.518. The van der Waals surface area contributed by atoms with E-state index < -0.39 is 0 Å². The molecule has 2 heterocycles. The number of hydrogen-bond donors (Lipinski definition) is 1. The van der Waals surface area contributed by atoms with Crippen LogP contribution >= 0.6 is 0 Å². The highest BCUT2D eigenvalue weighted by Gasteiger charge is 2.17. The van der Waals surface area contributed by atoms with E-state index in [1.54, 1.807) is 0 Å². The van der Waals surface area contributed by atoms with E-state index in [1.165, 1.54) is 50.8 Å². The fourth-order valence-electron chi connectivity index (χ4n) is 3.22. The number of likely N-dealkylation sites (tertiary alicyclic amines) is 1. The van der Waals surface area contributed by atoms with Gasteiger partial charge in [0.25, 0.3) is 0 Å². The first-order chi connectivity index (χ1) is 10.2. The molecule has 1 aromatic heterocycles. The summed E-state index contributed by atoms with van der Waals surface area (Å²) >= 11 is 0. The fourth-order valence-corrected chi connectivity index (χ4v) is 3.22. The summed E-state index contributed by atoms with van der Waals surface area (Å²) in [4.78, 5) is 2.56. The first kappa shape index (κ1) is 16.6. The number of hydrogen-bond acceptors (Lipinski definition) is 3. The third-order valence-corrected chi connectivity index (χ3v) is 4.44. The number of nitrogens with one attached hydrogen (secondary N) is 1. The minimum Gasteiger partial charge on any atom is -0.468 e. The summed E-state index contributed by atoms with van der Waals surface area (Å²) in [6, 6.07) is 2.73. The monoisotopic (exact) mass is 292 g/mol. The van der Waals surface area contributed by atoms with E-state index in [0.29, 0.717) is 6.04 Å². The van der Waals surface area contributed by atoms with Crippen LogP contribution in [0.15, 0.2) is 16.7 Å². The van der Waals surface area contributed by atoms with Crippen molar-refractivity contribution < 1.29 is 4.42 Å². The Hall–Kier alpha value is -0.800. The molecule has 2 rings (SSSR count). The van der Waals surface area contributed by atoms with Gasteiger partial charge in [0.05, 0.1) is 12.8 Å². The second kappa shape index (κ2) is 8.60. The van der Waals surface area contributed by atoms with E-state index in [4.69, 9.17) is 4.42 Å². The van der Waals surface area contributed by atoms with E-state index >= 15 is 0 Å². The summed E-state index contributed by atoms with van der Waals surface area (Å²) in [6.45, 7) is 11.0. The van der Waals surface area contributed by atoms with Gasteiger partial charge in [-0.15, -0.1) is 0 Å². The highest BCUT2D eigenvalue weighted by atomic mass is 16.3. The van der Waals surface area contributed by atoms with Crippen molar-refractivity contribution in [1.29, 1.82) is 0 Å². The third-order valence-electron chi connectivity index (χ3n) is 4.44. The molecule has 0 radical (unpaired) electrons. The lowest BCUT2D eigenvalue weighted by Gasteiger charge is -2.18. The Kier molecular flexibility index (Phi) is 6.78. The van der Waals surface area contributed by atoms with Crippen LogP contribution in [-0.4, -0.2) is 24.0 Å². The second-order valence-corrected chi connectivity index (χ2v) is 6.82. The molecule has 0 amide bonds. The first-order valence-electron chi connectivity index (χ1n) is 8.69. The first-order valence-corrected chi connectivity index (χ1v) is 8.69. The fraction of sp³-hybridized carbons (Fsp3) is 0.778. The summed E-state index contributed by atoms with van der Waals surface area (Å²) in [5, 5.41) is 3.43. The van der Waals surface area contributed by atoms with E-state index in [9.17, 15) is 0 Å². The molecule has 0 aliphatic carbocycles. The summed E-state index contributed by atoms with van der Waals surface area (Å²) in [5.74, 6) is 2.06. The zero-order valence-electron chi connectivity index (χ0n) is 14.0. The molecule has 1 N–H and O–H groups in total. The molecule has 1 aromatic rings. The van der Waals surface area contributed by atoms with Crippen LogP contribution in [0.5, 0.6) is 0 Å². The number of nitrogens with zero attached hydrogens (tertiary/aromatic N) is 1. The SMILES string of the molecule is CCCC1CCCN(Cc2cc(CNC(C)C)co2)CC1. The molecule has 3 nitrogen and oxygen atoms in total. The molecule has 21 heavy (non-hydrogen) atoms. The van der Waals surface area contributed by atoms with Gasteiger partial charge in [0.2, 0.25) is 0 Å². The summed E-state index contributed by atoms with van der Waals surface area (Å²) < 4.78 is 5.73. The Labute approximate surface area is 130 Å². The van der Waals surface area contributed by atoms with Crippen molar-refractivity contribution in [2.45, 2.75) is 72.0 Å². The van der Waals surface area contributed by atoms with Gasteiger partial charge in [0.15, 0.2) is 0 Å². The van der Waals surface area contributed by atoms with Crippen molar-refractivity contribution in [2.75, 3.05) is 13.1 Å². The van der Waals surface area contributed by atoms with Crippen LogP contribution in [0.2, 0.25) is 0 Å². The van der Waals surface area contributed by atoms with Crippen molar-refractivity contribution in [2.24, 2.45) is 5.92 Å². The summed E-state index contributed by atoms with van der Waals surface area (Å²) in [6.07, 6.45) is 8.74. The van der Waals surface area contributed by atoms with Gasteiger partial charge in [-0.1, -0.05) is 33.6 Å². The molecule has 1 unspecified atom stereocenters. The van der Waals surface area contributed by atoms with Gasteiger partial charge < -0.3 is 9.73 Å². The van der Waals surface area contributed by atoms with Crippen LogP contribution < -0.4 is 5.32 Å². The maximum Gasteiger partial charge on any atom is 0.118 e. The predicted octanol–water partition coefficient (Wildman–Crippen LogP) is 4.18. The zero-order valence-corrected chi connectivity index (χ0v) is 14.0. The normalized spacial score (nSPS) is 20.9. The van der Waals surface area contributed by atoms with Gasteiger partial charge in [-0.25, -0.2) is 0 Å². The molecule has 1 fully saturated rings. The highest BCUT2D eigenvalue weighted by molar-refractivity contribution is 5.12. The third kappa shape index (κ3) is 5.84. The van der Waals surface area contributed by atoms with Crippen LogP contribution in [0.25, 0.3) is 0 Å². The Morgan fingerprint density at radius 2 is 2.19 bits per heavy atom. The zero-order chi connectivity index (χ0) is 15.1. The van der Waals surface area contributed by atoms with Crippen molar-refractivity contribution >= 4 is 0 Å². The maximum atomic E-state index is 5.73. The maximum absolute atomic E-state index is 5.73. The van der Waals surface area contributed by atoms with Gasteiger partial charge in [0, 0.05) is 18.2 Å². The van der Waals surface area contributed by atoms with Gasteiger partial charge in [0.1, 0.15) is 5.76 Å². The molecule has 0 bridgehead atoms. The lowest BCUT2D eigenvalue weighted by atomic mass is 9.96. The standard InChI is InChI=1S/C18H32N2O/c1-4-6-16-7-5-9-20(10-8-16)13-18-11-17(14-21-18)12-19-15(2)3/h11,14-16,19H,4-10,12-13H2,1-3H3. The smallest absolute Gasteiger partial charge is 0.118 e. The van der Waals surface area contributed by atoms with Crippen molar-refractivity contribution in [3.63, 3.8) is 0 Å². The van der Waals surface area contributed by atoms with Gasteiger partial charge in [-0.3, -0.25) is 4.90 Å². The van der Waals surface area contributed by atoms with Crippen LogP contribution in [0.3, 0.4) is 0 Å². The molecule has 1 aliphatic heterocycles. The number of furan rings is 1. The van der Waals surface area contributed by atoms with Crippen molar-refractivity contribution in [1.82, 2.24) is 10.2 Å². The van der Waals surface area contributed by atoms with Crippen LogP contribution in [0, 0.1) is 5.92 Å². The molecule has 1 atom stereocenters. The average Bonchev–Trinajstić information content (AvgIpc) is 2.78. The molecular formula is C18H32N2O. The second-order valence-electron chi connectivity index (χ2n) is 6.82. The van der Waals surface area contributed by atoms with Crippen LogP contribution in [0.4, 0.5) is 0 Å². The molecule has 3 heteroatoms. The van der Waals surface area contributed by atoms with Gasteiger partial charge in [-0.05, 0) is 44.3 Å². The molecule has 120 valence electrons. The molecule has 0 spiro atoms. The lowest BCUT2D eigenvalue weighted by Crippen LogP contribution is -2.24. The Morgan fingerprint density at radius 3 is 2.95 bits per heavy atom. The van der Waals surface area contributed by atoms with Crippen LogP contribution in [0.1, 0.15) is 64.2 Å². The lowest BCUT2D eigenvalue weighted by molar-refractivity contribution is 0.249. The van der Waals surface area contributed by atoms with Gasteiger partial charge in [-0.2, -0.15) is 0 Å². The van der Waals surface area contributed by atoms with Crippen molar-refractivity contribution in [3.8, 4) is 0 Å². The highest BCUT2D eigenvalue weighted by Crippen LogP contribution is 2.23. The quantitative estimate of drug-likeness (QED) is 0.817. The minimum absolute atomic E-state index is 0.518. The molecule has 0 aromatic carbocycles. The Bertz CT molecular complexity index is 400. The van der Waals surface area contributed by atoms with E-state index in [1.807, 2.05) is 6.26 Å². The molecular weight excluding hydrogens is 260 g/mol. The average molecular weight is 292 g/mol. The van der Waals surface area contributed by atoms with E-state index in [2.05, 4.69) is 37.1 Å².